The molecule has 1 aliphatic rings. The monoisotopic (exact) mass is 255 g/mol. The van der Waals surface area contributed by atoms with Gasteiger partial charge in [-0.25, -0.2) is 8.78 Å². The Labute approximate surface area is 104 Å². The first-order chi connectivity index (χ1) is 8.56. The van der Waals surface area contributed by atoms with Crippen LogP contribution in [0.1, 0.15) is 23.2 Å². The summed E-state index contributed by atoms with van der Waals surface area (Å²) in [4.78, 5) is 13.7. The lowest BCUT2D eigenvalue weighted by molar-refractivity contribution is 0.0708. The highest BCUT2D eigenvalue weighted by molar-refractivity contribution is 5.97. The third-order valence-corrected chi connectivity index (χ3v) is 3.16. The number of halogens is 2. The van der Waals surface area contributed by atoms with Gasteiger partial charge in [-0.1, -0.05) is 0 Å². The zero-order valence-corrected chi connectivity index (χ0v) is 9.90. The summed E-state index contributed by atoms with van der Waals surface area (Å²) in [7, 11) is 0. The van der Waals surface area contributed by atoms with Crippen molar-refractivity contribution in [3.63, 3.8) is 0 Å². The van der Waals surface area contributed by atoms with Gasteiger partial charge in [-0.3, -0.25) is 9.69 Å². The smallest absolute Gasteiger partial charge is 0.179 e. The molecule has 1 heterocycles. The molecule has 0 amide bonds. The van der Waals surface area contributed by atoms with Gasteiger partial charge in [0.05, 0.1) is 18.2 Å². The molecular weight excluding hydrogens is 240 g/mol. The van der Waals surface area contributed by atoms with E-state index < -0.39 is 11.6 Å². The molecule has 1 aromatic carbocycles. The number of piperidine rings is 1. The van der Waals surface area contributed by atoms with Gasteiger partial charge >= 0.3 is 0 Å². The van der Waals surface area contributed by atoms with Crippen LogP contribution in [0.5, 0.6) is 0 Å². The molecule has 1 saturated heterocycles. The van der Waals surface area contributed by atoms with E-state index in [1.807, 2.05) is 4.90 Å². The van der Waals surface area contributed by atoms with E-state index in [1.165, 1.54) is 6.07 Å². The van der Waals surface area contributed by atoms with E-state index >= 15 is 0 Å². The molecule has 0 saturated carbocycles. The number of likely N-dealkylation sites (tertiary alicyclic amines) is 1. The van der Waals surface area contributed by atoms with Crippen LogP contribution in [0.3, 0.4) is 0 Å². The minimum absolute atomic E-state index is 0.0810. The van der Waals surface area contributed by atoms with Crippen molar-refractivity contribution in [2.45, 2.75) is 18.9 Å². The van der Waals surface area contributed by atoms with E-state index in [2.05, 4.69) is 0 Å². The fourth-order valence-electron chi connectivity index (χ4n) is 2.08. The van der Waals surface area contributed by atoms with Crippen LogP contribution in [0.25, 0.3) is 0 Å². The maximum Gasteiger partial charge on any atom is 0.179 e. The van der Waals surface area contributed by atoms with Crippen molar-refractivity contribution in [1.82, 2.24) is 4.90 Å². The van der Waals surface area contributed by atoms with Gasteiger partial charge in [0.2, 0.25) is 0 Å². The van der Waals surface area contributed by atoms with Gasteiger partial charge in [-0.05, 0) is 25.0 Å². The molecule has 1 N–H and O–H groups in total. The number of carbonyl (C=O) groups excluding carboxylic acids is 1. The first kappa shape index (κ1) is 13.1. The first-order valence-electron chi connectivity index (χ1n) is 5.95. The fourth-order valence-corrected chi connectivity index (χ4v) is 2.08. The number of carbonyl (C=O) groups is 1. The second kappa shape index (κ2) is 5.54. The van der Waals surface area contributed by atoms with E-state index in [0.29, 0.717) is 32.0 Å². The lowest BCUT2D eigenvalue weighted by Crippen LogP contribution is -2.39. The van der Waals surface area contributed by atoms with Gasteiger partial charge in [0.25, 0.3) is 0 Å². The molecule has 1 fully saturated rings. The molecule has 98 valence electrons. The number of nitrogens with zero attached hydrogens (tertiary/aromatic N) is 1. The average molecular weight is 255 g/mol. The van der Waals surface area contributed by atoms with Crippen LogP contribution in [0, 0.1) is 11.6 Å². The Kier molecular flexibility index (Phi) is 4.04. The molecule has 1 aromatic rings. The second-order valence-electron chi connectivity index (χ2n) is 4.55. The van der Waals surface area contributed by atoms with Crippen molar-refractivity contribution in [1.29, 1.82) is 0 Å². The van der Waals surface area contributed by atoms with Gasteiger partial charge < -0.3 is 5.11 Å². The number of hydrogen-bond acceptors (Lipinski definition) is 3. The van der Waals surface area contributed by atoms with Crippen molar-refractivity contribution in [2.75, 3.05) is 19.6 Å². The highest BCUT2D eigenvalue weighted by atomic mass is 19.1. The molecule has 0 radical (unpaired) electrons. The number of aliphatic hydroxyl groups is 1. The number of aliphatic hydroxyl groups excluding tert-OH is 1. The summed E-state index contributed by atoms with van der Waals surface area (Å²) in [5, 5.41) is 9.34. The number of benzene rings is 1. The van der Waals surface area contributed by atoms with Crippen LogP contribution in [0.15, 0.2) is 18.2 Å². The Bertz CT molecular complexity index is 443. The number of rotatable bonds is 3. The van der Waals surface area contributed by atoms with Crippen molar-refractivity contribution < 1.29 is 18.7 Å². The van der Waals surface area contributed by atoms with Crippen LogP contribution in [-0.2, 0) is 0 Å². The molecule has 0 aromatic heterocycles. The third kappa shape index (κ3) is 3.11. The molecule has 1 aliphatic heterocycles. The Morgan fingerprint density at radius 1 is 1.33 bits per heavy atom. The average Bonchev–Trinajstić information content (AvgIpc) is 2.32. The molecule has 2 rings (SSSR count). The van der Waals surface area contributed by atoms with Crippen molar-refractivity contribution in [2.24, 2.45) is 0 Å². The molecule has 18 heavy (non-hydrogen) atoms. The Morgan fingerprint density at radius 3 is 2.61 bits per heavy atom. The van der Waals surface area contributed by atoms with Crippen LogP contribution in [0.4, 0.5) is 8.78 Å². The Balaban J connectivity index is 1.99. The van der Waals surface area contributed by atoms with E-state index in [0.717, 1.165) is 6.07 Å². The molecule has 0 atom stereocenters. The van der Waals surface area contributed by atoms with E-state index in [-0.39, 0.29) is 24.0 Å². The number of Topliss-reactive ketones (excluding diaryl/α,β-unsaturated/α-hetero) is 1. The molecule has 0 aliphatic carbocycles. The highest BCUT2D eigenvalue weighted by Gasteiger charge is 2.21. The summed E-state index contributed by atoms with van der Waals surface area (Å²) in [6.07, 6.45) is 0.942. The van der Waals surface area contributed by atoms with Crippen LogP contribution >= 0.6 is 0 Å². The van der Waals surface area contributed by atoms with Crippen molar-refractivity contribution in [3.05, 3.63) is 35.4 Å². The summed E-state index contributed by atoms with van der Waals surface area (Å²) >= 11 is 0. The summed E-state index contributed by atoms with van der Waals surface area (Å²) in [5.74, 6) is -1.87. The third-order valence-electron chi connectivity index (χ3n) is 3.16. The minimum Gasteiger partial charge on any atom is -0.393 e. The molecule has 0 unspecified atom stereocenters. The summed E-state index contributed by atoms with van der Waals surface area (Å²) < 4.78 is 26.1. The Morgan fingerprint density at radius 2 is 2.00 bits per heavy atom. The molecular formula is C13H15F2NO2. The van der Waals surface area contributed by atoms with E-state index in [9.17, 15) is 18.7 Å². The van der Waals surface area contributed by atoms with Gasteiger partial charge in [0.15, 0.2) is 5.78 Å². The fraction of sp³-hybridized carbons (Fsp3) is 0.462. The minimum atomic E-state index is -0.822. The van der Waals surface area contributed by atoms with E-state index in [1.54, 1.807) is 0 Å². The predicted molar refractivity (Wildman–Crippen MR) is 62.4 cm³/mol. The molecule has 3 nitrogen and oxygen atoms in total. The summed E-state index contributed by atoms with van der Waals surface area (Å²) in [6.45, 7) is 1.35. The SMILES string of the molecule is O=C(CN1CCC(O)CC1)c1ccc(F)cc1F. The zero-order valence-electron chi connectivity index (χ0n) is 9.90. The topological polar surface area (TPSA) is 40.5 Å². The quantitative estimate of drug-likeness (QED) is 0.834. The van der Waals surface area contributed by atoms with Gasteiger partial charge in [-0.2, -0.15) is 0 Å². The summed E-state index contributed by atoms with van der Waals surface area (Å²) in [6, 6.07) is 2.97. The largest absolute Gasteiger partial charge is 0.393 e. The van der Waals surface area contributed by atoms with Crippen LogP contribution < -0.4 is 0 Å². The predicted octanol–water partition coefficient (Wildman–Crippen LogP) is 1.60. The standard InChI is InChI=1S/C13H15F2NO2/c14-9-1-2-11(12(15)7-9)13(18)8-16-5-3-10(17)4-6-16/h1-2,7,10,17H,3-6,8H2. The first-order valence-corrected chi connectivity index (χ1v) is 5.95. The molecule has 0 spiro atoms. The number of hydrogen-bond donors (Lipinski definition) is 1. The van der Waals surface area contributed by atoms with Gasteiger partial charge in [-0.15, -0.1) is 0 Å². The maximum atomic E-state index is 13.4. The highest BCUT2D eigenvalue weighted by Crippen LogP contribution is 2.14. The second-order valence-corrected chi connectivity index (χ2v) is 4.55. The molecule has 0 bridgehead atoms. The zero-order chi connectivity index (χ0) is 13.1. The molecule has 5 heteroatoms. The van der Waals surface area contributed by atoms with E-state index in [4.69, 9.17) is 0 Å². The van der Waals surface area contributed by atoms with Gasteiger partial charge in [0, 0.05) is 19.2 Å². The normalized spacial score (nSPS) is 17.9. The number of ketones is 1. The van der Waals surface area contributed by atoms with Gasteiger partial charge in [0.1, 0.15) is 11.6 Å². The van der Waals surface area contributed by atoms with Crippen molar-refractivity contribution in [3.8, 4) is 0 Å². The maximum absolute atomic E-state index is 13.4. The lowest BCUT2D eigenvalue weighted by Gasteiger charge is -2.28. The van der Waals surface area contributed by atoms with Crippen LogP contribution in [-0.4, -0.2) is 41.5 Å². The van der Waals surface area contributed by atoms with Crippen LogP contribution in [0.2, 0.25) is 0 Å². The lowest BCUT2D eigenvalue weighted by atomic mass is 10.1. The summed E-state index contributed by atoms with van der Waals surface area (Å²) in [5.41, 5.74) is -0.0810. The Hall–Kier alpha value is -1.33. The van der Waals surface area contributed by atoms with Crippen molar-refractivity contribution >= 4 is 5.78 Å².